The molecule has 6 nitrogen and oxygen atoms in total. The Kier molecular flexibility index (Phi) is 9.16. The summed E-state index contributed by atoms with van der Waals surface area (Å²) in [5.74, 6) is -1.66. The van der Waals surface area contributed by atoms with Crippen LogP contribution in [0.15, 0.2) is 24.3 Å². The van der Waals surface area contributed by atoms with Crippen LogP contribution in [-0.4, -0.2) is 37.6 Å². The molecule has 1 N–H and O–H groups in total. The van der Waals surface area contributed by atoms with Gasteiger partial charge in [0.2, 0.25) is 0 Å². The first-order chi connectivity index (χ1) is 12.2. The molecule has 142 valence electrons. The van der Waals surface area contributed by atoms with Gasteiger partial charge in [-0.05, 0) is 36.1 Å². The SMILES string of the molecule is COC(=O)[C@H](CC(C)C)NC(=O)COC(=O)/C=C/c1ccc(Cl)c(Cl)c1. The number of hydrogen-bond acceptors (Lipinski definition) is 5. The van der Waals surface area contributed by atoms with E-state index in [0.717, 1.165) is 0 Å². The van der Waals surface area contributed by atoms with Crippen molar-refractivity contribution in [2.24, 2.45) is 5.92 Å². The van der Waals surface area contributed by atoms with E-state index in [1.807, 2.05) is 13.8 Å². The zero-order valence-electron chi connectivity index (χ0n) is 14.8. The Morgan fingerprint density at radius 1 is 1.19 bits per heavy atom. The summed E-state index contributed by atoms with van der Waals surface area (Å²) in [6.45, 7) is 3.32. The number of carbonyl (C=O) groups excluding carboxylic acids is 3. The van der Waals surface area contributed by atoms with Gasteiger partial charge in [-0.15, -0.1) is 0 Å². The highest BCUT2D eigenvalue weighted by Gasteiger charge is 2.22. The lowest BCUT2D eigenvalue weighted by atomic mass is 10.0. The van der Waals surface area contributed by atoms with E-state index in [-0.39, 0.29) is 5.92 Å². The Bertz CT molecular complexity index is 688. The zero-order chi connectivity index (χ0) is 19.7. The third-order valence-electron chi connectivity index (χ3n) is 3.23. The van der Waals surface area contributed by atoms with E-state index in [0.29, 0.717) is 22.0 Å². The molecule has 0 aliphatic rings. The van der Waals surface area contributed by atoms with Crippen molar-refractivity contribution >= 4 is 47.1 Å². The van der Waals surface area contributed by atoms with Crippen LogP contribution in [0.1, 0.15) is 25.8 Å². The number of methoxy groups -OCH3 is 1. The zero-order valence-corrected chi connectivity index (χ0v) is 16.3. The molecule has 0 fully saturated rings. The molecule has 0 aromatic heterocycles. The molecular weight excluding hydrogens is 381 g/mol. The lowest BCUT2D eigenvalue weighted by Crippen LogP contribution is -2.44. The quantitative estimate of drug-likeness (QED) is 0.533. The Hall–Kier alpha value is -2.05. The summed E-state index contributed by atoms with van der Waals surface area (Å²) in [6.07, 6.45) is 3.07. The molecule has 0 spiro atoms. The van der Waals surface area contributed by atoms with Crippen LogP contribution in [-0.2, 0) is 23.9 Å². The van der Waals surface area contributed by atoms with E-state index < -0.39 is 30.5 Å². The van der Waals surface area contributed by atoms with Crippen molar-refractivity contribution in [1.29, 1.82) is 0 Å². The summed E-state index contributed by atoms with van der Waals surface area (Å²) in [7, 11) is 1.25. The lowest BCUT2D eigenvalue weighted by Gasteiger charge is -2.18. The van der Waals surface area contributed by atoms with Crippen molar-refractivity contribution in [3.63, 3.8) is 0 Å². The monoisotopic (exact) mass is 401 g/mol. The van der Waals surface area contributed by atoms with Crippen LogP contribution in [0.3, 0.4) is 0 Å². The summed E-state index contributed by atoms with van der Waals surface area (Å²) in [4.78, 5) is 35.2. The van der Waals surface area contributed by atoms with Gasteiger partial charge in [0.05, 0.1) is 17.2 Å². The van der Waals surface area contributed by atoms with Crippen LogP contribution in [0.2, 0.25) is 10.0 Å². The molecule has 0 saturated carbocycles. The molecule has 8 heteroatoms. The fourth-order valence-corrected chi connectivity index (χ4v) is 2.34. The molecule has 0 unspecified atom stereocenters. The smallest absolute Gasteiger partial charge is 0.331 e. The lowest BCUT2D eigenvalue weighted by molar-refractivity contribution is -0.148. The molecule has 0 saturated heterocycles. The predicted molar refractivity (Wildman–Crippen MR) is 99.9 cm³/mol. The molecule has 26 heavy (non-hydrogen) atoms. The predicted octanol–water partition coefficient (Wildman–Crippen LogP) is 3.25. The molecular formula is C18H21Cl2NO5. The highest BCUT2D eigenvalue weighted by molar-refractivity contribution is 6.42. The van der Waals surface area contributed by atoms with Gasteiger partial charge >= 0.3 is 11.9 Å². The summed E-state index contributed by atoms with van der Waals surface area (Å²) < 4.78 is 9.50. The number of rotatable bonds is 8. The van der Waals surface area contributed by atoms with Crippen molar-refractivity contribution in [3.8, 4) is 0 Å². The molecule has 0 aliphatic heterocycles. The first kappa shape index (κ1) is 22.0. The van der Waals surface area contributed by atoms with Crippen LogP contribution < -0.4 is 5.32 Å². The van der Waals surface area contributed by atoms with Gasteiger partial charge in [-0.1, -0.05) is 43.1 Å². The molecule has 1 aromatic carbocycles. The van der Waals surface area contributed by atoms with Crippen LogP contribution in [0.4, 0.5) is 0 Å². The molecule has 0 radical (unpaired) electrons. The Labute approximate surface area is 162 Å². The van der Waals surface area contributed by atoms with Gasteiger partial charge in [-0.25, -0.2) is 9.59 Å². The maximum Gasteiger partial charge on any atom is 0.331 e. The number of esters is 2. The minimum absolute atomic E-state index is 0.177. The van der Waals surface area contributed by atoms with Crippen LogP contribution in [0.25, 0.3) is 6.08 Å². The number of ether oxygens (including phenoxy) is 2. The third-order valence-corrected chi connectivity index (χ3v) is 3.97. The standard InChI is InChI=1S/C18H21Cl2NO5/c1-11(2)8-15(18(24)25-3)21-16(22)10-26-17(23)7-5-12-4-6-13(19)14(20)9-12/h4-7,9,11,15H,8,10H2,1-3H3,(H,21,22)/b7-5+/t15-/m0/s1. The van der Waals surface area contributed by atoms with E-state index in [9.17, 15) is 14.4 Å². The van der Waals surface area contributed by atoms with Gasteiger partial charge in [0.25, 0.3) is 5.91 Å². The van der Waals surface area contributed by atoms with E-state index in [1.165, 1.54) is 19.3 Å². The molecule has 1 amide bonds. The van der Waals surface area contributed by atoms with Gasteiger partial charge in [-0.3, -0.25) is 4.79 Å². The minimum Gasteiger partial charge on any atom is -0.467 e. The minimum atomic E-state index is -0.780. The largest absolute Gasteiger partial charge is 0.467 e. The summed E-state index contributed by atoms with van der Waals surface area (Å²) in [6, 6.07) is 4.09. The van der Waals surface area contributed by atoms with Crippen LogP contribution in [0, 0.1) is 5.92 Å². The first-order valence-corrected chi connectivity index (χ1v) is 8.65. The maximum absolute atomic E-state index is 11.9. The van der Waals surface area contributed by atoms with Crippen molar-refractivity contribution in [2.45, 2.75) is 26.3 Å². The summed E-state index contributed by atoms with van der Waals surface area (Å²) in [5, 5.41) is 3.26. The second-order valence-corrected chi connectivity index (χ2v) is 6.70. The fourth-order valence-electron chi connectivity index (χ4n) is 2.03. The van der Waals surface area contributed by atoms with Gasteiger partial charge in [-0.2, -0.15) is 0 Å². The summed E-state index contributed by atoms with van der Waals surface area (Å²) in [5.41, 5.74) is 0.656. The van der Waals surface area contributed by atoms with Gasteiger partial charge in [0.1, 0.15) is 6.04 Å². The molecule has 1 atom stereocenters. The highest BCUT2D eigenvalue weighted by atomic mass is 35.5. The van der Waals surface area contributed by atoms with Gasteiger partial charge in [0.15, 0.2) is 6.61 Å². The number of carbonyl (C=O) groups is 3. The average molecular weight is 402 g/mol. The average Bonchev–Trinajstić information content (AvgIpc) is 2.59. The highest BCUT2D eigenvalue weighted by Crippen LogP contribution is 2.23. The number of hydrogen-bond donors (Lipinski definition) is 1. The molecule has 1 rings (SSSR count). The third kappa shape index (κ3) is 7.89. The topological polar surface area (TPSA) is 81.7 Å². The van der Waals surface area contributed by atoms with E-state index in [2.05, 4.69) is 10.1 Å². The Morgan fingerprint density at radius 3 is 2.46 bits per heavy atom. The van der Waals surface area contributed by atoms with Gasteiger partial charge < -0.3 is 14.8 Å². The number of halogens is 2. The fraction of sp³-hybridized carbons (Fsp3) is 0.389. The van der Waals surface area contributed by atoms with Crippen molar-refractivity contribution in [1.82, 2.24) is 5.32 Å². The molecule has 0 aliphatic carbocycles. The van der Waals surface area contributed by atoms with E-state index in [4.69, 9.17) is 27.9 Å². The first-order valence-electron chi connectivity index (χ1n) is 7.90. The number of amides is 1. The van der Waals surface area contributed by atoms with Crippen LogP contribution >= 0.6 is 23.2 Å². The van der Waals surface area contributed by atoms with E-state index >= 15 is 0 Å². The van der Waals surface area contributed by atoms with Gasteiger partial charge in [0, 0.05) is 6.08 Å². The normalized spacial score (nSPS) is 12.1. The van der Waals surface area contributed by atoms with Crippen molar-refractivity contribution in [3.05, 3.63) is 39.9 Å². The Balaban J connectivity index is 2.52. The summed E-state index contributed by atoms with van der Waals surface area (Å²) >= 11 is 11.7. The molecule has 0 heterocycles. The Morgan fingerprint density at radius 2 is 1.88 bits per heavy atom. The van der Waals surface area contributed by atoms with E-state index in [1.54, 1.807) is 18.2 Å². The molecule has 0 bridgehead atoms. The maximum atomic E-state index is 11.9. The second kappa shape index (κ2) is 10.8. The van der Waals surface area contributed by atoms with Crippen molar-refractivity contribution in [2.75, 3.05) is 13.7 Å². The number of nitrogens with one attached hydrogen (secondary N) is 1. The van der Waals surface area contributed by atoms with Crippen molar-refractivity contribution < 1.29 is 23.9 Å². The second-order valence-electron chi connectivity index (χ2n) is 5.89. The molecule has 1 aromatic rings. The van der Waals surface area contributed by atoms with Crippen LogP contribution in [0.5, 0.6) is 0 Å². The number of benzene rings is 1.